The van der Waals surface area contributed by atoms with Crippen molar-refractivity contribution >= 4 is 22.0 Å². The Morgan fingerprint density at radius 1 is 1.06 bits per heavy atom. The van der Waals surface area contributed by atoms with Gasteiger partial charge in [-0.15, -0.1) is 0 Å². The SMILES string of the molecule is CC(C)c1ccc(S(=O)(=O)N2CCN(CC(=O)NC(=O)NCc3ccco3)CC2)cc1. The second-order valence-corrected chi connectivity index (χ2v) is 9.65. The molecule has 0 saturated carbocycles. The molecule has 2 aromatic rings. The number of hydrogen-bond donors (Lipinski definition) is 2. The molecule has 168 valence electrons. The number of rotatable bonds is 7. The van der Waals surface area contributed by atoms with Crippen LogP contribution >= 0.6 is 0 Å². The molecule has 3 amide bonds. The summed E-state index contributed by atoms with van der Waals surface area (Å²) in [5, 5.41) is 4.81. The van der Waals surface area contributed by atoms with Crippen LogP contribution < -0.4 is 10.6 Å². The van der Waals surface area contributed by atoms with Crippen LogP contribution in [0, 0.1) is 0 Å². The molecule has 1 aliphatic heterocycles. The first-order valence-electron chi connectivity index (χ1n) is 10.2. The lowest BCUT2D eigenvalue weighted by Gasteiger charge is -2.33. The molecule has 0 radical (unpaired) electrons. The smallest absolute Gasteiger partial charge is 0.321 e. The third-order valence-electron chi connectivity index (χ3n) is 5.14. The Morgan fingerprint density at radius 2 is 1.74 bits per heavy atom. The highest BCUT2D eigenvalue weighted by atomic mass is 32.2. The van der Waals surface area contributed by atoms with Crippen molar-refractivity contribution < 1.29 is 22.4 Å². The van der Waals surface area contributed by atoms with Crippen LogP contribution in [-0.2, 0) is 21.4 Å². The van der Waals surface area contributed by atoms with Crippen LogP contribution in [0.4, 0.5) is 4.79 Å². The number of furan rings is 1. The molecule has 0 aliphatic carbocycles. The van der Waals surface area contributed by atoms with Gasteiger partial charge < -0.3 is 9.73 Å². The normalized spacial score (nSPS) is 15.7. The lowest BCUT2D eigenvalue weighted by atomic mass is 10.0. The predicted molar refractivity (Wildman–Crippen MR) is 115 cm³/mol. The Balaban J connectivity index is 1.45. The van der Waals surface area contributed by atoms with Gasteiger partial charge >= 0.3 is 6.03 Å². The number of nitrogens with zero attached hydrogens (tertiary/aromatic N) is 2. The van der Waals surface area contributed by atoms with Crippen molar-refractivity contribution in [3.05, 3.63) is 54.0 Å². The minimum Gasteiger partial charge on any atom is -0.467 e. The Kier molecular flexibility index (Phi) is 7.47. The van der Waals surface area contributed by atoms with E-state index in [4.69, 9.17) is 4.42 Å². The Morgan fingerprint density at radius 3 is 2.32 bits per heavy atom. The molecule has 1 aromatic carbocycles. The fraction of sp³-hybridized carbons (Fsp3) is 0.429. The van der Waals surface area contributed by atoms with E-state index in [1.54, 1.807) is 24.3 Å². The molecule has 1 aromatic heterocycles. The van der Waals surface area contributed by atoms with Crippen molar-refractivity contribution in [2.24, 2.45) is 0 Å². The molecule has 31 heavy (non-hydrogen) atoms. The Hall–Kier alpha value is -2.69. The van der Waals surface area contributed by atoms with Crippen molar-refractivity contribution in [1.29, 1.82) is 0 Å². The Labute approximate surface area is 182 Å². The fourth-order valence-corrected chi connectivity index (χ4v) is 4.72. The van der Waals surface area contributed by atoms with Gasteiger partial charge in [0.2, 0.25) is 15.9 Å². The first-order chi connectivity index (χ1) is 14.8. The number of imide groups is 1. The molecule has 1 fully saturated rings. The summed E-state index contributed by atoms with van der Waals surface area (Å²) < 4.78 is 32.3. The number of carbonyl (C=O) groups excluding carboxylic acids is 2. The summed E-state index contributed by atoms with van der Waals surface area (Å²) in [6, 6.07) is 9.80. The molecule has 0 atom stereocenters. The van der Waals surface area contributed by atoms with Gasteiger partial charge in [0, 0.05) is 26.2 Å². The summed E-state index contributed by atoms with van der Waals surface area (Å²) in [5.41, 5.74) is 1.09. The van der Waals surface area contributed by atoms with E-state index in [1.807, 2.05) is 17.0 Å². The van der Waals surface area contributed by atoms with E-state index < -0.39 is 22.0 Å². The molecular formula is C21H28N4O5S. The highest BCUT2D eigenvalue weighted by Gasteiger charge is 2.29. The largest absolute Gasteiger partial charge is 0.467 e. The zero-order valence-corrected chi connectivity index (χ0v) is 18.5. The zero-order valence-electron chi connectivity index (χ0n) is 17.7. The first kappa shape index (κ1) is 23.0. The number of urea groups is 1. The van der Waals surface area contributed by atoms with E-state index in [0.29, 0.717) is 24.8 Å². The highest BCUT2D eigenvalue weighted by Crippen LogP contribution is 2.21. The molecule has 0 bridgehead atoms. The summed E-state index contributed by atoms with van der Waals surface area (Å²) >= 11 is 0. The lowest BCUT2D eigenvalue weighted by Crippen LogP contribution is -2.52. The average Bonchev–Trinajstić information content (AvgIpc) is 3.26. The quantitative estimate of drug-likeness (QED) is 0.667. The maximum Gasteiger partial charge on any atom is 0.321 e. The van der Waals surface area contributed by atoms with Gasteiger partial charge in [0.1, 0.15) is 5.76 Å². The van der Waals surface area contributed by atoms with E-state index in [1.165, 1.54) is 10.6 Å². The van der Waals surface area contributed by atoms with Gasteiger partial charge in [0.05, 0.1) is 24.2 Å². The maximum atomic E-state index is 12.9. The molecule has 0 spiro atoms. The lowest BCUT2D eigenvalue weighted by molar-refractivity contribution is -0.121. The second-order valence-electron chi connectivity index (χ2n) is 7.71. The van der Waals surface area contributed by atoms with E-state index in [2.05, 4.69) is 24.5 Å². The summed E-state index contributed by atoms with van der Waals surface area (Å²) in [5.74, 6) is 0.468. The summed E-state index contributed by atoms with van der Waals surface area (Å²) in [6.45, 7) is 5.70. The number of hydrogen-bond acceptors (Lipinski definition) is 6. The van der Waals surface area contributed by atoms with Crippen molar-refractivity contribution in [2.45, 2.75) is 31.2 Å². The first-order valence-corrected chi connectivity index (χ1v) is 11.6. The Bertz CT molecular complexity index is 979. The summed E-state index contributed by atoms with van der Waals surface area (Å²) in [7, 11) is -3.57. The maximum absolute atomic E-state index is 12.9. The van der Waals surface area contributed by atoms with Crippen molar-refractivity contribution in [3.63, 3.8) is 0 Å². The third-order valence-corrected chi connectivity index (χ3v) is 7.05. The molecule has 1 aliphatic rings. The molecule has 9 nitrogen and oxygen atoms in total. The van der Waals surface area contributed by atoms with Crippen LogP contribution in [0.15, 0.2) is 52.0 Å². The fourth-order valence-electron chi connectivity index (χ4n) is 3.30. The summed E-state index contributed by atoms with van der Waals surface area (Å²) in [6.07, 6.45) is 1.50. The molecule has 2 N–H and O–H groups in total. The van der Waals surface area contributed by atoms with Gasteiger partial charge in [-0.1, -0.05) is 26.0 Å². The minimum absolute atomic E-state index is 0.0190. The highest BCUT2D eigenvalue weighted by molar-refractivity contribution is 7.89. The van der Waals surface area contributed by atoms with Crippen LogP contribution in [-0.4, -0.2) is 62.3 Å². The van der Waals surface area contributed by atoms with Gasteiger partial charge in [-0.05, 0) is 35.7 Å². The van der Waals surface area contributed by atoms with Crippen LogP contribution in [0.5, 0.6) is 0 Å². The third kappa shape index (κ3) is 6.16. The zero-order chi connectivity index (χ0) is 22.4. The van der Waals surface area contributed by atoms with Crippen molar-refractivity contribution in [2.75, 3.05) is 32.7 Å². The van der Waals surface area contributed by atoms with Crippen LogP contribution in [0.1, 0.15) is 31.1 Å². The summed E-state index contributed by atoms with van der Waals surface area (Å²) in [4.78, 5) is 26.0. The number of nitrogens with one attached hydrogen (secondary N) is 2. The van der Waals surface area contributed by atoms with Gasteiger partial charge in [0.15, 0.2) is 0 Å². The molecule has 1 saturated heterocycles. The van der Waals surface area contributed by atoms with Gasteiger partial charge in [-0.3, -0.25) is 15.0 Å². The number of benzene rings is 1. The standard InChI is InChI=1S/C21H28N4O5S/c1-16(2)17-5-7-19(8-6-17)31(28,29)25-11-9-24(10-12-25)15-20(26)23-21(27)22-14-18-4-3-13-30-18/h3-8,13,16H,9-12,14-15H2,1-2H3,(H2,22,23,26,27). The van der Waals surface area contributed by atoms with Gasteiger partial charge in [-0.2, -0.15) is 4.31 Å². The number of amides is 3. The monoisotopic (exact) mass is 448 g/mol. The number of sulfonamides is 1. The molecular weight excluding hydrogens is 420 g/mol. The predicted octanol–water partition coefficient (Wildman–Crippen LogP) is 1.74. The van der Waals surface area contributed by atoms with Crippen molar-refractivity contribution in [1.82, 2.24) is 19.8 Å². The minimum atomic E-state index is -3.57. The average molecular weight is 449 g/mol. The molecule has 2 heterocycles. The van der Waals surface area contributed by atoms with E-state index in [0.717, 1.165) is 5.56 Å². The number of piperazine rings is 1. The van der Waals surface area contributed by atoms with Gasteiger partial charge in [0.25, 0.3) is 0 Å². The van der Waals surface area contributed by atoms with E-state index in [9.17, 15) is 18.0 Å². The second kappa shape index (κ2) is 10.1. The van der Waals surface area contributed by atoms with Crippen LogP contribution in [0.2, 0.25) is 0 Å². The topological polar surface area (TPSA) is 112 Å². The van der Waals surface area contributed by atoms with E-state index in [-0.39, 0.29) is 31.1 Å². The van der Waals surface area contributed by atoms with Gasteiger partial charge in [-0.25, -0.2) is 13.2 Å². The molecule has 3 rings (SSSR count). The van der Waals surface area contributed by atoms with Crippen LogP contribution in [0.25, 0.3) is 0 Å². The van der Waals surface area contributed by atoms with Crippen LogP contribution in [0.3, 0.4) is 0 Å². The number of carbonyl (C=O) groups is 2. The van der Waals surface area contributed by atoms with E-state index >= 15 is 0 Å². The molecule has 10 heteroatoms. The van der Waals surface area contributed by atoms with Crippen molar-refractivity contribution in [3.8, 4) is 0 Å². The molecule has 0 unspecified atom stereocenters.